The Balaban J connectivity index is 2.24. The maximum atomic E-state index is 11.0. The third kappa shape index (κ3) is 2.54. The van der Waals surface area contributed by atoms with Crippen molar-refractivity contribution in [2.24, 2.45) is 0 Å². The van der Waals surface area contributed by atoms with Gasteiger partial charge >= 0.3 is 5.97 Å². The minimum Gasteiger partial charge on any atom is -0.490 e. The first kappa shape index (κ1) is 11.4. The molecule has 4 heteroatoms. The number of hydrogen-bond donors (Lipinski definition) is 1. The Bertz CT molecular complexity index is 476. The van der Waals surface area contributed by atoms with Crippen LogP contribution in [-0.2, 0) is 9.53 Å². The standard InChI is InChI=1S/C13H12O4/c1-2-6-16-10-5-3-4-9(7-10)11-8-12(14)17-13(11)15/h2-5,7-8,13,15H,1,6H2. The van der Waals surface area contributed by atoms with Crippen LogP contribution in [0.1, 0.15) is 5.56 Å². The monoisotopic (exact) mass is 232 g/mol. The van der Waals surface area contributed by atoms with Gasteiger partial charge in [-0.2, -0.15) is 0 Å². The number of aliphatic hydroxyl groups is 1. The summed E-state index contributed by atoms with van der Waals surface area (Å²) in [6.45, 7) is 3.96. The highest BCUT2D eigenvalue weighted by Crippen LogP contribution is 2.27. The van der Waals surface area contributed by atoms with E-state index in [1.165, 1.54) is 6.08 Å². The number of hydrogen-bond acceptors (Lipinski definition) is 4. The van der Waals surface area contributed by atoms with Crippen molar-refractivity contribution >= 4 is 11.5 Å². The van der Waals surface area contributed by atoms with Gasteiger partial charge in [-0.3, -0.25) is 0 Å². The van der Waals surface area contributed by atoms with Gasteiger partial charge in [0.15, 0.2) is 0 Å². The van der Waals surface area contributed by atoms with Gasteiger partial charge in [-0.1, -0.05) is 24.8 Å². The lowest BCUT2D eigenvalue weighted by molar-refractivity contribution is -0.149. The van der Waals surface area contributed by atoms with Gasteiger partial charge in [0, 0.05) is 11.6 Å². The Hall–Kier alpha value is -2.07. The van der Waals surface area contributed by atoms with Crippen LogP contribution >= 0.6 is 0 Å². The number of benzene rings is 1. The van der Waals surface area contributed by atoms with Gasteiger partial charge in [0.25, 0.3) is 0 Å². The predicted molar refractivity (Wildman–Crippen MR) is 62.2 cm³/mol. The smallest absolute Gasteiger partial charge is 0.333 e. The third-order valence-electron chi connectivity index (χ3n) is 2.30. The van der Waals surface area contributed by atoms with Gasteiger partial charge in [-0.25, -0.2) is 4.79 Å². The molecule has 0 bridgehead atoms. The molecule has 0 aliphatic carbocycles. The molecular formula is C13H12O4. The maximum Gasteiger partial charge on any atom is 0.333 e. The molecule has 1 atom stereocenters. The van der Waals surface area contributed by atoms with E-state index in [1.54, 1.807) is 30.3 Å². The van der Waals surface area contributed by atoms with E-state index in [0.29, 0.717) is 23.5 Å². The van der Waals surface area contributed by atoms with Crippen LogP contribution in [0.2, 0.25) is 0 Å². The van der Waals surface area contributed by atoms with Crippen molar-refractivity contribution in [2.45, 2.75) is 6.29 Å². The van der Waals surface area contributed by atoms with E-state index in [1.807, 2.05) is 0 Å². The molecule has 1 unspecified atom stereocenters. The summed E-state index contributed by atoms with van der Waals surface area (Å²) in [6, 6.07) is 7.08. The first-order chi connectivity index (χ1) is 8.20. The molecule has 17 heavy (non-hydrogen) atoms. The van der Waals surface area contributed by atoms with Crippen molar-refractivity contribution in [3.63, 3.8) is 0 Å². The fourth-order valence-electron chi connectivity index (χ4n) is 1.55. The quantitative estimate of drug-likeness (QED) is 0.631. The zero-order chi connectivity index (χ0) is 12.3. The third-order valence-corrected chi connectivity index (χ3v) is 2.30. The molecule has 1 heterocycles. The van der Waals surface area contributed by atoms with Crippen molar-refractivity contribution in [3.8, 4) is 5.75 Å². The molecule has 1 aromatic rings. The Morgan fingerprint density at radius 1 is 1.53 bits per heavy atom. The number of esters is 1. The van der Waals surface area contributed by atoms with Crippen LogP contribution in [0.3, 0.4) is 0 Å². The minimum absolute atomic E-state index is 0.403. The van der Waals surface area contributed by atoms with Crippen LogP contribution in [0.4, 0.5) is 0 Å². The number of ether oxygens (including phenoxy) is 2. The molecule has 1 N–H and O–H groups in total. The minimum atomic E-state index is -1.20. The highest BCUT2D eigenvalue weighted by Gasteiger charge is 2.24. The summed E-state index contributed by atoms with van der Waals surface area (Å²) in [6.07, 6.45) is 1.72. The van der Waals surface area contributed by atoms with Crippen LogP contribution in [-0.4, -0.2) is 24.0 Å². The molecule has 4 nitrogen and oxygen atoms in total. The summed E-state index contributed by atoms with van der Waals surface area (Å²) in [7, 11) is 0. The Kier molecular flexibility index (Phi) is 3.25. The Morgan fingerprint density at radius 3 is 3.00 bits per heavy atom. The summed E-state index contributed by atoms with van der Waals surface area (Å²) < 4.78 is 9.98. The van der Waals surface area contributed by atoms with Gasteiger partial charge in [0.1, 0.15) is 12.4 Å². The normalized spacial score (nSPS) is 18.5. The zero-order valence-electron chi connectivity index (χ0n) is 9.13. The molecule has 0 saturated heterocycles. The number of cyclic esters (lactones) is 1. The summed E-state index contributed by atoms with van der Waals surface area (Å²) in [5, 5.41) is 9.51. The summed E-state index contributed by atoms with van der Waals surface area (Å²) in [5.41, 5.74) is 1.14. The molecule has 0 saturated carbocycles. The van der Waals surface area contributed by atoms with E-state index in [2.05, 4.69) is 11.3 Å². The first-order valence-corrected chi connectivity index (χ1v) is 5.15. The van der Waals surface area contributed by atoms with Gasteiger partial charge in [0.2, 0.25) is 6.29 Å². The summed E-state index contributed by atoms with van der Waals surface area (Å²) in [4.78, 5) is 11.0. The van der Waals surface area contributed by atoms with Crippen LogP contribution in [0.25, 0.3) is 5.57 Å². The molecule has 0 aromatic heterocycles. The molecule has 88 valence electrons. The van der Waals surface area contributed by atoms with E-state index >= 15 is 0 Å². The molecule has 0 radical (unpaired) electrons. The molecule has 0 fully saturated rings. The molecule has 1 aliphatic heterocycles. The van der Waals surface area contributed by atoms with E-state index < -0.39 is 12.3 Å². The number of rotatable bonds is 4. The summed E-state index contributed by atoms with van der Waals surface area (Å²) in [5.74, 6) is 0.111. The highest BCUT2D eigenvalue weighted by molar-refractivity contribution is 5.96. The SMILES string of the molecule is C=CCOc1cccc(C2=CC(=O)OC2O)c1. The van der Waals surface area contributed by atoms with Crippen molar-refractivity contribution < 1.29 is 19.4 Å². The lowest BCUT2D eigenvalue weighted by Crippen LogP contribution is -2.09. The summed E-state index contributed by atoms with van der Waals surface area (Å²) >= 11 is 0. The fourth-order valence-corrected chi connectivity index (χ4v) is 1.55. The first-order valence-electron chi connectivity index (χ1n) is 5.15. The fraction of sp³-hybridized carbons (Fsp3) is 0.154. The van der Waals surface area contributed by atoms with Crippen molar-refractivity contribution in [2.75, 3.05) is 6.61 Å². The van der Waals surface area contributed by atoms with Gasteiger partial charge in [-0.15, -0.1) is 0 Å². The Labute approximate surface area is 98.8 Å². The number of carbonyl (C=O) groups excluding carboxylic acids is 1. The Morgan fingerprint density at radius 2 is 2.35 bits per heavy atom. The van der Waals surface area contributed by atoms with E-state index in [9.17, 15) is 9.90 Å². The predicted octanol–water partition coefficient (Wildman–Crippen LogP) is 1.51. The molecular weight excluding hydrogens is 220 g/mol. The molecule has 0 spiro atoms. The maximum absolute atomic E-state index is 11.0. The van der Waals surface area contributed by atoms with Crippen LogP contribution in [0, 0.1) is 0 Å². The van der Waals surface area contributed by atoms with Gasteiger partial charge in [-0.05, 0) is 17.7 Å². The topological polar surface area (TPSA) is 55.8 Å². The second-order valence-electron chi connectivity index (χ2n) is 3.52. The molecule has 2 rings (SSSR count). The largest absolute Gasteiger partial charge is 0.490 e. The van der Waals surface area contributed by atoms with Crippen LogP contribution < -0.4 is 4.74 Å². The van der Waals surface area contributed by atoms with Crippen molar-refractivity contribution in [1.29, 1.82) is 0 Å². The van der Waals surface area contributed by atoms with Crippen LogP contribution in [0.5, 0.6) is 5.75 Å². The van der Waals surface area contributed by atoms with Gasteiger partial charge in [0.05, 0.1) is 0 Å². The van der Waals surface area contributed by atoms with Crippen LogP contribution in [0.15, 0.2) is 43.0 Å². The molecule has 1 aliphatic rings. The average molecular weight is 232 g/mol. The highest BCUT2D eigenvalue weighted by atomic mass is 16.6. The molecule has 0 amide bonds. The van der Waals surface area contributed by atoms with Gasteiger partial charge < -0.3 is 14.6 Å². The van der Waals surface area contributed by atoms with E-state index in [0.717, 1.165) is 0 Å². The number of aliphatic hydroxyl groups excluding tert-OH is 1. The average Bonchev–Trinajstić information content (AvgIpc) is 2.66. The second kappa shape index (κ2) is 4.84. The van der Waals surface area contributed by atoms with Crippen molar-refractivity contribution in [3.05, 3.63) is 48.6 Å². The number of carbonyl (C=O) groups is 1. The van der Waals surface area contributed by atoms with Crippen molar-refractivity contribution in [1.82, 2.24) is 0 Å². The lowest BCUT2D eigenvalue weighted by Gasteiger charge is -2.09. The zero-order valence-corrected chi connectivity index (χ0v) is 9.13. The molecule has 1 aromatic carbocycles. The lowest BCUT2D eigenvalue weighted by atomic mass is 10.1. The van der Waals surface area contributed by atoms with E-state index in [-0.39, 0.29) is 0 Å². The second-order valence-corrected chi connectivity index (χ2v) is 3.52. The van der Waals surface area contributed by atoms with E-state index in [4.69, 9.17) is 4.74 Å².